The van der Waals surface area contributed by atoms with Crippen LogP contribution in [-0.4, -0.2) is 12.5 Å². The maximum absolute atomic E-state index is 12.5. The maximum Gasteiger partial charge on any atom is 0.230 e. The summed E-state index contributed by atoms with van der Waals surface area (Å²) in [7, 11) is 0. The van der Waals surface area contributed by atoms with Crippen molar-refractivity contribution >= 4 is 11.6 Å². The molecule has 0 spiro atoms. The van der Waals surface area contributed by atoms with Crippen molar-refractivity contribution < 1.29 is 4.79 Å². The zero-order valence-electron chi connectivity index (χ0n) is 11.5. The Kier molecular flexibility index (Phi) is 3.47. The molecule has 97 valence electrons. The summed E-state index contributed by atoms with van der Waals surface area (Å²) in [5, 5.41) is 0. The predicted molar refractivity (Wildman–Crippen MR) is 75.2 cm³/mol. The zero-order valence-corrected chi connectivity index (χ0v) is 11.5. The quantitative estimate of drug-likeness (QED) is 0.779. The van der Waals surface area contributed by atoms with Gasteiger partial charge in [-0.3, -0.25) is 4.79 Å². The number of amides is 1. The number of rotatable bonds is 2. The Hall–Kier alpha value is -1.31. The number of carbonyl (C=O) groups excluding carboxylic acids is 1. The first-order valence-electron chi connectivity index (χ1n) is 6.58. The van der Waals surface area contributed by atoms with E-state index in [-0.39, 0.29) is 23.2 Å². The predicted octanol–water partition coefficient (Wildman–Crippen LogP) is 3.54. The second-order valence-electron chi connectivity index (χ2n) is 6.42. The third-order valence-corrected chi connectivity index (χ3v) is 3.47. The van der Waals surface area contributed by atoms with Gasteiger partial charge in [-0.05, 0) is 36.8 Å². The molecule has 0 unspecified atom stereocenters. The van der Waals surface area contributed by atoms with E-state index >= 15 is 0 Å². The molecule has 1 aliphatic rings. The van der Waals surface area contributed by atoms with Gasteiger partial charge >= 0.3 is 0 Å². The fourth-order valence-corrected chi connectivity index (χ4v) is 2.61. The summed E-state index contributed by atoms with van der Waals surface area (Å²) in [6.45, 7) is 11.4. The lowest BCUT2D eigenvalue weighted by molar-refractivity contribution is -0.121. The molecule has 2 heteroatoms. The van der Waals surface area contributed by atoms with Crippen LogP contribution in [0.25, 0.3) is 0 Å². The molecule has 1 aliphatic heterocycles. The van der Waals surface area contributed by atoms with Gasteiger partial charge in [0.2, 0.25) is 5.91 Å². The monoisotopic (exact) mass is 244 g/mol. The largest absolute Gasteiger partial charge is 0.312 e. The standard InChI is InChI=1S/C16H22NO/c1-12-11-17(13-8-6-5-7-9-13)15(18)14(12)10-16(2,3)4/h5-9,12,14H,1,10-11H2,2-4H3/t12-,14+/m1/s1. The van der Waals surface area contributed by atoms with E-state index in [1.54, 1.807) is 0 Å². The van der Waals surface area contributed by atoms with Gasteiger partial charge in [0.05, 0.1) is 0 Å². The molecule has 1 heterocycles. The van der Waals surface area contributed by atoms with Gasteiger partial charge in [0.15, 0.2) is 0 Å². The lowest BCUT2D eigenvalue weighted by atomic mass is 9.80. The van der Waals surface area contributed by atoms with Crippen LogP contribution in [0.15, 0.2) is 30.3 Å². The van der Waals surface area contributed by atoms with Crippen LogP contribution >= 0.6 is 0 Å². The van der Waals surface area contributed by atoms with Gasteiger partial charge in [0.1, 0.15) is 0 Å². The van der Waals surface area contributed by atoms with Crippen molar-refractivity contribution in [2.24, 2.45) is 17.3 Å². The van der Waals surface area contributed by atoms with Crippen LogP contribution in [0.4, 0.5) is 5.69 Å². The Labute approximate surface area is 110 Å². The highest BCUT2D eigenvalue weighted by atomic mass is 16.2. The van der Waals surface area contributed by atoms with Crippen LogP contribution in [-0.2, 0) is 4.79 Å². The first kappa shape index (κ1) is 13.1. The van der Waals surface area contributed by atoms with Crippen LogP contribution < -0.4 is 4.90 Å². The molecule has 2 rings (SSSR count). The van der Waals surface area contributed by atoms with Gasteiger partial charge < -0.3 is 4.90 Å². The van der Waals surface area contributed by atoms with Crippen molar-refractivity contribution in [2.45, 2.75) is 27.2 Å². The van der Waals surface area contributed by atoms with Crippen molar-refractivity contribution in [2.75, 3.05) is 11.4 Å². The van der Waals surface area contributed by atoms with Crippen LogP contribution in [0.3, 0.4) is 0 Å². The molecular weight excluding hydrogens is 222 g/mol. The van der Waals surface area contributed by atoms with E-state index in [4.69, 9.17) is 0 Å². The number of para-hydroxylation sites is 1. The van der Waals surface area contributed by atoms with Gasteiger partial charge in [-0.15, -0.1) is 0 Å². The molecule has 0 saturated carbocycles. The molecule has 1 saturated heterocycles. The minimum atomic E-state index is 0.0604. The lowest BCUT2D eigenvalue weighted by Gasteiger charge is -2.24. The molecule has 1 radical (unpaired) electrons. The zero-order chi connectivity index (χ0) is 13.3. The molecule has 1 aromatic carbocycles. The average molecular weight is 244 g/mol. The first-order valence-corrected chi connectivity index (χ1v) is 6.58. The Morgan fingerprint density at radius 2 is 1.89 bits per heavy atom. The van der Waals surface area contributed by atoms with E-state index in [2.05, 4.69) is 27.7 Å². The lowest BCUT2D eigenvalue weighted by Crippen LogP contribution is -2.28. The highest BCUT2D eigenvalue weighted by molar-refractivity contribution is 5.97. The maximum atomic E-state index is 12.5. The molecule has 2 atom stereocenters. The summed E-state index contributed by atoms with van der Waals surface area (Å²) in [5.74, 6) is 0.485. The molecule has 1 fully saturated rings. The molecule has 0 N–H and O–H groups in total. The smallest absolute Gasteiger partial charge is 0.230 e. The van der Waals surface area contributed by atoms with E-state index in [0.29, 0.717) is 0 Å². The number of carbonyl (C=O) groups is 1. The van der Waals surface area contributed by atoms with E-state index < -0.39 is 0 Å². The van der Waals surface area contributed by atoms with Crippen molar-refractivity contribution in [1.82, 2.24) is 0 Å². The summed E-state index contributed by atoms with van der Waals surface area (Å²) in [5.41, 5.74) is 1.16. The van der Waals surface area contributed by atoms with Crippen molar-refractivity contribution in [1.29, 1.82) is 0 Å². The Bertz CT molecular complexity index is 418. The van der Waals surface area contributed by atoms with Crippen molar-refractivity contribution in [3.63, 3.8) is 0 Å². The van der Waals surface area contributed by atoms with E-state index in [1.807, 2.05) is 35.2 Å². The molecule has 1 aromatic rings. The molecule has 0 aromatic heterocycles. The second kappa shape index (κ2) is 4.75. The first-order chi connectivity index (χ1) is 8.38. The highest BCUT2D eigenvalue weighted by Gasteiger charge is 2.40. The van der Waals surface area contributed by atoms with Crippen molar-refractivity contribution in [3.8, 4) is 0 Å². The minimum Gasteiger partial charge on any atom is -0.312 e. The normalized spacial score (nSPS) is 24.7. The van der Waals surface area contributed by atoms with E-state index in [1.165, 1.54) is 0 Å². The van der Waals surface area contributed by atoms with Gasteiger partial charge in [-0.1, -0.05) is 39.0 Å². The Morgan fingerprint density at radius 3 is 2.44 bits per heavy atom. The van der Waals surface area contributed by atoms with Gasteiger partial charge in [0, 0.05) is 18.2 Å². The summed E-state index contributed by atoms with van der Waals surface area (Å²) < 4.78 is 0. The van der Waals surface area contributed by atoms with Crippen molar-refractivity contribution in [3.05, 3.63) is 37.3 Å². The molecule has 18 heavy (non-hydrogen) atoms. The Morgan fingerprint density at radius 1 is 1.28 bits per heavy atom. The summed E-state index contributed by atoms with van der Waals surface area (Å²) in [6, 6.07) is 9.89. The fraction of sp³-hybridized carbons (Fsp3) is 0.500. The highest BCUT2D eigenvalue weighted by Crippen LogP contribution is 2.36. The number of hydrogen-bond acceptors (Lipinski definition) is 1. The summed E-state index contributed by atoms with van der Waals surface area (Å²) in [6.07, 6.45) is 0.906. The number of anilines is 1. The number of hydrogen-bond donors (Lipinski definition) is 0. The van der Waals surface area contributed by atoms with Gasteiger partial charge in [-0.25, -0.2) is 0 Å². The summed E-state index contributed by atoms with van der Waals surface area (Å²) >= 11 is 0. The van der Waals surface area contributed by atoms with Crippen LogP contribution in [0.1, 0.15) is 27.2 Å². The van der Waals surface area contributed by atoms with E-state index in [0.717, 1.165) is 18.7 Å². The third kappa shape index (κ3) is 2.74. The van der Waals surface area contributed by atoms with Gasteiger partial charge in [-0.2, -0.15) is 0 Å². The van der Waals surface area contributed by atoms with E-state index in [9.17, 15) is 4.79 Å². The Balaban J connectivity index is 2.17. The minimum absolute atomic E-state index is 0.0604. The van der Waals surface area contributed by atoms with Crippen LogP contribution in [0.5, 0.6) is 0 Å². The molecule has 1 amide bonds. The van der Waals surface area contributed by atoms with Crippen LogP contribution in [0.2, 0.25) is 0 Å². The topological polar surface area (TPSA) is 20.3 Å². The van der Waals surface area contributed by atoms with Gasteiger partial charge in [0.25, 0.3) is 0 Å². The fourth-order valence-electron chi connectivity index (χ4n) is 2.61. The SMILES string of the molecule is [CH2][C@@H]1CN(c2ccccc2)C(=O)[C@H]1CC(C)(C)C. The number of nitrogens with zero attached hydrogens (tertiary/aromatic N) is 1. The third-order valence-electron chi connectivity index (χ3n) is 3.47. The molecule has 2 nitrogen and oxygen atoms in total. The number of benzene rings is 1. The molecule has 0 bridgehead atoms. The second-order valence-corrected chi connectivity index (χ2v) is 6.42. The molecular formula is C16H22NO. The summed E-state index contributed by atoms with van der Waals surface area (Å²) in [4.78, 5) is 14.4. The molecule has 0 aliphatic carbocycles. The average Bonchev–Trinajstić information content (AvgIpc) is 2.56. The van der Waals surface area contributed by atoms with Crippen LogP contribution in [0, 0.1) is 24.2 Å².